The van der Waals surface area contributed by atoms with Crippen LogP contribution in [0.5, 0.6) is 5.75 Å². The van der Waals surface area contributed by atoms with Crippen LogP contribution in [0.4, 0.5) is 0 Å². The number of halogens is 2. The molecule has 0 bridgehead atoms. The van der Waals surface area contributed by atoms with E-state index in [1.807, 2.05) is 13.8 Å². The SMILES string of the molecule is CC(C)(CO)[C@@H](N)c1ccc(O)c(Cl)c1.Cl. The summed E-state index contributed by atoms with van der Waals surface area (Å²) < 4.78 is 0. The molecule has 4 N–H and O–H groups in total. The summed E-state index contributed by atoms with van der Waals surface area (Å²) in [6.45, 7) is 3.74. The summed E-state index contributed by atoms with van der Waals surface area (Å²) in [5, 5.41) is 18.7. The van der Waals surface area contributed by atoms with E-state index in [4.69, 9.17) is 17.3 Å². The largest absolute Gasteiger partial charge is 0.506 e. The first-order chi connectivity index (χ1) is 6.88. The number of phenols is 1. The number of rotatable bonds is 3. The zero-order valence-corrected chi connectivity index (χ0v) is 10.8. The molecule has 0 aliphatic rings. The van der Waals surface area contributed by atoms with Gasteiger partial charge in [-0.1, -0.05) is 31.5 Å². The molecule has 0 saturated carbocycles. The molecule has 1 aromatic rings. The highest BCUT2D eigenvalue weighted by Gasteiger charge is 2.27. The summed E-state index contributed by atoms with van der Waals surface area (Å²) in [5.41, 5.74) is 6.39. The first kappa shape index (κ1) is 15.5. The van der Waals surface area contributed by atoms with Crippen LogP contribution in [-0.4, -0.2) is 16.8 Å². The van der Waals surface area contributed by atoms with E-state index in [1.54, 1.807) is 12.1 Å². The number of benzene rings is 1. The molecule has 0 radical (unpaired) electrons. The minimum Gasteiger partial charge on any atom is -0.506 e. The molecule has 0 spiro atoms. The van der Waals surface area contributed by atoms with E-state index in [9.17, 15) is 10.2 Å². The number of hydrogen-bond acceptors (Lipinski definition) is 3. The Bertz CT molecular complexity index is 356. The molecule has 0 aromatic heterocycles. The fourth-order valence-electron chi connectivity index (χ4n) is 1.27. The number of aliphatic hydroxyl groups is 1. The van der Waals surface area contributed by atoms with Crippen LogP contribution in [0.25, 0.3) is 0 Å². The molecular weight excluding hydrogens is 249 g/mol. The van der Waals surface area contributed by atoms with Gasteiger partial charge >= 0.3 is 0 Å². The maximum atomic E-state index is 9.26. The van der Waals surface area contributed by atoms with Crippen molar-refractivity contribution in [3.8, 4) is 5.75 Å². The van der Waals surface area contributed by atoms with Crippen LogP contribution >= 0.6 is 24.0 Å². The Balaban J connectivity index is 0.00000225. The van der Waals surface area contributed by atoms with Crippen LogP contribution in [0.15, 0.2) is 18.2 Å². The number of aromatic hydroxyl groups is 1. The lowest BCUT2D eigenvalue weighted by atomic mass is 9.82. The van der Waals surface area contributed by atoms with Crippen molar-refractivity contribution in [1.82, 2.24) is 0 Å². The van der Waals surface area contributed by atoms with Gasteiger partial charge in [0.1, 0.15) is 5.75 Å². The normalized spacial score (nSPS) is 13.1. The first-order valence-corrected chi connectivity index (χ1v) is 5.11. The molecule has 0 heterocycles. The maximum absolute atomic E-state index is 9.26. The molecule has 5 heteroatoms. The Morgan fingerprint density at radius 3 is 2.44 bits per heavy atom. The fourth-order valence-corrected chi connectivity index (χ4v) is 1.46. The van der Waals surface area contributed by atoms with Crippen LogP contribution in [0.3, 0.4) is 0 Å². The summed E-state index contributed by atoms with van der Waals surface area (Å²) >= 11 is 5.78. The zero-order valence-electron chi connectivity index (χ0n) is 9.27. The molecule has 1 rings (SSSR count). The van der Waals surface area contributed by atoms with E-state index in [2.05, 4.69) is 0 Å². The van der Waals surface area contributed by atoms with Crippen molar-refractivity contribution in [3.05, 3.63) is 28.8 Å². The highest BCUT2D eigenvalue weighted by atomic mass is 35.5. The summed E-state index contributed by atoms with van der Waals surface area (Å²) in [6, 6.07) is 4.52. The van der Waals surface area contributed by atoms with Crippen LogP contribution in [0.1, 0.15) is 25.5 Å². The summed E-state index contributed by atoms with van der Waals surface area (Å²) in [7, 11) is 0. The third kappa shape index (κ3) is 3.25. The number of phenolic OH excluding ortho intramolecular Hbond substituents is 1. The van der Waals surface area contributed by atoms with E-state index in [-0.39, 0.29) is 35.8 Å². The molecule has 0 unspecified atom stereocenters. The lowest BCUT2D eigenvalue weighted by Gasteiger charge is -2.29. The lowest BCUT2D eigenvalue weighted by Crippen LogP contribution is -2.32. The molecule has 0 aliphatic heterocycles. The van der Waals surface area contributed by atoms with Crippen LogP contribution in [0, 0.1) is 5.41 Å². The van der Waals surface area contributed by atoms with Crippen molar-refractivity contribution in [2.45, 2.75) is 19.9 Å². The standard InChI is InChI=1S/C11H16ClNO2.ClH/c1-11(2,6-14)10(13)7-3-4-9(15)8(12)5-7;/h3-5,10,14-15H,6,13H2,1-2H3;1H/t10-;/m0./s1. The molecule has 16 heavy (non-hydrogen) atoms. The van der Waals surface area contributed by atoms with Gasteiger partial charge < -0.3 is 15.9 Å². The van der Waals surface area contributed by atoms with Gasteiger partial charge in [-0.05, 0) is 17.7 Å². The molecule has 0 amide bonds. The average molecular weight is 266 g/mol. The van der Waals surface area contributed by atoms with Crippen molar-refractivity contribution in [2.24, 2.45) is 11.1 Å². The second-order valence-electron chi connectivity index (χ2n) is 4.34. The zero-order chi connectivity index (χ0) is 11.6. The van der Waals surface area contributed by atoms with Gasteiger partial charge in [0.2, 0.25) is 0 Å². The Hall–Kier alpha value is -0.480. The third-order valence-corrected chi connectivity index (χ3v) is 2.88. The van der Waals surface area contributed by atoms with Crippen molar-refractivity contribution < 1.29 is 10.2 Å². The van der Waals surface area contributed by atoms with Crippen molar-refractivity contribution >= 4 is 24.0 Å². The van der Waals surface area contributed by atoms with Crippen LogP contribution in [0.2, 0.25) is 5.02 Å². The highest BCUT2D eigenvalue weighted by Crippen LogP contribution is 2.34. The number of nitrogens with two attached hydrogens (primary N) is 1. The second kappa shape index (κ2) is 5.73. The highest BCUT2D eigenvalue weighted by molar-refractivity contribution is 6.32. The molecular formula is C11H17Cl2NO2. The maximum Gasteiger partial charge on any atom is 0.134 e. The number of aliphatic hydroxyl groups excluding tert-OH is 1. The van der Waals surface area contributed by atoms with E-state index in [0.29, 0.717) is 0 Å². The molecule has 1 aromatic carbocycles. The monoisotopic (exact) mass is 265 g/mol. The van der Waals surface area contributed by atoms with E-state index in [1.165, 1.54) is 6.07 Å². The van der Waals surface area contributed by atoms with Crippen molar-refractivity contribution in [3.63, 3.8) is 0 Å². The lowest BCUT2D eigenvalue weighted by molar-refractivity contribution is 0.132. The van der Waals surface area contributed by atoms with Crippen molar-refractivity contribution in [1.29, 1.82) is 0 Å². The second-order valence-corrected chi connectivity index (χ2v) is 4.74. The fraction of sp³-hybridized carbons (Fsp3) is 0.455. The van der Waals surface area contributed by atoms with Gasteiger partial charge in [-0.15, -0.1) is 12.4 Å². The molecule has 0 aliphatic carbocycles. The Labute approximate surface area is 107 Å². The Kier molecular flexibility index (Phi) is 5.56. The molecule has 3 nitrogen and oxygen atoms in total. The summed E-state index contributed by atoms with van der Waals surface area (Å²) in [5.74, 6) is 0.0365. The van der Waals surface area contributed by atoms with Gasteiger partial charge in [-0.2, -0.15) is 0 Å². The number of hydrogen-bond donors (Lipinski definition) is 3. The summed E-state index contributed by atoms with van der Waals surface area (Å²) in [6.07, 6.45) is 0. The summed E-state index contributed by atoms with van der Waals surface area (Å²) in [4.78, 5) is 0. The van der Waals surface area contributed by atoms with Crippen LogP contribution in [-0.2, 0) is 0 Å². The van der Waals surface area contributed by atoms with Gasteiger partial charge in [-0.3, -0.25) is 0 Å². The van der Waals surface area contributed by atoms with Crippen LogP contribution < -0.4 is 5.73 Å². The minimum absolute atomic E-state index is 0. The van der Waals surface area contributed by atoms with Crippen molar-refractivity contribution in [2.75, 3.05) is 6.61 Å². The predicted molar refractivity (Wildman–Crippen MR) is 68.2 cm³/mol. The molecule has 0 fully saturated rings. The quantitative estimate of drug-likeness (QED) is 0.787. The van der Waals surface area contributed by atoms with E-state index >= 15 is 0 Å². The predicted octanol–water partition coefficient (Wildman–Crippen LogP) is 2.49. The van der Waals surface area contributed by atoms with Gasteiger partial charge in [0.15, 0.2) is 0 Å². The van der Waals surface area contributed by atoms with Gasteiger partial charge in [-0.25, -0.2) is 0 Å². The average Bonchev–Trinajstić information content (AvgIpc) is 2.21. The Morgan fingerprint density at radius 1 is 1.44 bits per heavy atom. The molecule has 1 atom stereocenters. The smallest absolute Gasteiger partial charge is 0.134 e. The third-order valence-electron chi connectivity index (χ3n) is 2.58. The van der Waals surface area contributed by atoms with E-state index < -0.39 is 5.41 Å². The molecule has 92 valence electrons. The topological polar surface area (TPSA) is 66.5 Å². The van der Waals surface area contributed by atoms with E-state index in [0.717, 1.165) is 5.56 Å². The Morgan fingerprint density at radius 2 is 2.00 bits per heavy atom. The van der Waals surface area contributed by atoms with Gasteiger partial charge in [0, 0.05) is 18.1 Å². The molecule has 0 saturated heterocycles. The van der Waals surface area contributed by atoms with Gasteiger partial charge in [0.05, 0.1) is 5.02 Å². The minimum atomic E-state index is -0.416. The van der Waals surface area contributed by atoms with Gasteiger partial charge in [0.25, 0.3) is 0 Å². The first-order valence-electron chi connectivity index (χ1n) is 4.73.